The molecule has 0 bridgehead atoms. The van der Waals surface area contributed by atoms with Crippen LogP contribution in [0.4, 0.5) is 0 Å². The summed E-state index contributed by atoms with van der Waals surface area (Å²) in [4.78, 5) is 0. The monoisotopic (exact) mass is 221 g/mol. The van der Waals surface area contributed by atoms with Gasteiger partial charge in [0.2, 0.25) is 0 Å². The topological polar surface area (TPSA) is 29.9 Å². The Balaban J connectivity index is 1.76. The molecule has 0 aliphatic heterocycles. The molecule has 3 nitrogen and oxygen atoms in total. The first-order valence-electron chi connectivity index (χ1n) is 6.51. The Morgan fingerprint density at radius 3 is 2.81 bits per heavy atom. The standard InChI is InChI=1S/C13H23N3/c1-11-8-9-16(15-11)12(2)10-14-13-6-4-3-5-7-13/h8-9,12-14H,3-7,10H2,1-2H3. The lowest BCUT2D eigenvalue weighted by atomic mass is 9.95. The van der Waals surface area contributed by atoms with Crippen molar-refractivity contribution in [3.63, 3.8) is 0 Å². The van der Waals surface area contributed by atoms with E-state index in [2.05, 4.69) is 34.3 Å². The minimum absolute atomic E-state index is 0.454. The van der Waals surface area contributed by atoms with Crippen LogP contribution in [-0.2, 0) is 0 Å². The van der Waals surface area contributed by atoms with Crippen molar-refractivity contribution in [2.45, 2.75) is 58.0 Å². The number of rotatable bonds is 4. The van der Waals surface area contributed by atoms with Gasteiger partial charge in [-0.3, -0.25) is 4.68 Å². The molecule has 1 unspecified atom stereocenters. The number of aromatic nitrogens is 2. The SMILES string of the molecule is Cc1ccn(C(C)CNC2CCCCC2)n1. The van der Waals surface area contributed by atoms with E-state index in [0.29, 0.717) is 6.04 Å². The Hall–Kier alpha value is -0.830. The lowest BCUT2D eigenvalue weighted by Crippen LogP contribution is -2.35. The zero-order valence-corrected chi connectivity index (χ0v) is 10.4. The van der Waals surface area contributed by atoms with Crippen molar-refractivity contribution in [1.82, 2.24) is 15.1 Å². The quantitative estimate of drug-likeness (QED) is 0.847. The molecule has 1 saturated carbocycles. The molecule has 1 aromatic rings. The predicted molar refractivity (Wildman–Crippen MR) is 66.6 cm³/mol. The third kappa shape index (κ3) is 3.08. The average molecular weight is 221 g/mol. The highest BCUT2D eigenvalue weighted by Crippen LogP contribution is 2.17. The summed E-state index contributed by atoms with van der Waals surface area (Å²) in [5.74, 6) is 0. The van der Waals surface area contributed by atoms with Crippen LogP contribution in [-0.4, -0.2) is 22.4 Å². The minimum Gasteiger partial charge on any atom is -0.312 e. The van der Waals surface area contributed by atoms with Gasteiger partial charge in [-0.25, -0.2) is 0 Å². The molecule has 16 heavy (non-hydrogen) atoms. The molecule has 0 saturated heterocycles. The average Bonchev–Trinajstić information content (AvgIpc) is 2.74. The molecule has 0 radical (unpaired) electrons. The molecule has 1 N–H and O–H groups in total. The highest BCUT2D eigenvalue weighted by molar-refractivity contribution is 4.96. The Morgan fingerprint density at radius 1 is 1.44 bits per heavy atom. The molecule has 3 heteroatoms. The van der Waals surface area contributed by atoms with Crippen LogP contribution in [0.3, 0.4) is 0 Å². The normalized spacial score (nSPS) is 19.9. The molecule has 1 heterocycles. The van der Waals surface area contributed by atoms with Crippen LogP contribution in [0.5, 0.6) is 0 Å². The molecular weight excluding hydrogens is 198 g/mol. The largest absolute Gasteiger partial charge is 0.312 e. The first-order chi connectivity index (χ1) is 7.75. The molecule has 2 rings (SSSR count). The number of nitrogens with zero attached hydrogens (tertiary/aromatic N) is 2. The lowest BCUT2D eigenvalue weighted by molar-refractivity contribution is 0.343. The van der Waals surface area contributed by atoms with Gasteiger partial charge in [0, 0.05) is 18.8 Å². The fraction of sp³-hybridized carbons (Fsp3) is 0.769. The van der Waals surface area contributed by atoms with E-state index in [-0.39, 0.29) is 0 Å². The molecule has 0 amide bonds. The van der Waals surface area contributed by atoms with Gasteiger partial charge in [-0.1, -0.05) is 19.3 Å². The third-order valence-electron chi connectivity index (χ3n) is 3.50. The highest BCUT2D eigenvalue weighted by atomic mass is 15.3. The second kappa shape index (κ2) is 5.48. The van der Waals surface area contributed by atoms with Crippen molar-refractivity contribution in [2.75, 3.05) is 6.54 Å². The van der Waals surface area contributed by atoms with Crippen LogP contribution in [0.25, 0.3) is 0 Å². The zero-order chi connectivity index (χ0) is 11.4. The number of hydrogen-bond acceptors (Lipinski definition) is 2. The van der Waals surface area contributed by atoms with E-state index in [4.69, 9.17) is 0 Å². The van der Waals surface area contributed by atoms with Crippen LogP contribution in [0.15, 0.2) is 12.3 Å². The van der Waals surface area contributed by atoms with Gasteiger partial charge in [0.15, 0.2) is 0 Å². The number of aryl methyl sites for hydroxylation is 1. The van der Waals surface area contributed by atoms with Gasteiger partial charge in [-0.2, -0.15) is 5.10 Å². The van der Waals surface area contributed by atoms with Gasteiger partial charge in [0.1, 0.15) is 0 Å². The Kier molecular flexibility index (Phi) is 3.99. The van der Waals surface area contributed by atoms with Crippen molar-refractivity contribution < 1.29 is 0 Å². The van der Waals surface area contributed by atoms with Crippen molar-refractivity contribution >= 4 is 0 Å². The second-order valence-corrected chi connectivity index (χ2v) is 5.03. The number of nitrogens with one attached hydrogen (secondary N) is 1. The summed E-state index contributed by atoms with van der Waals surface area (Å²) in [5, 5.41) is 8.12. The van der Waals surface area contributed by atoms with E-state index in [1.807, 2.05) is 6.92 Å². The van der Waals surface area contributed by atoms with Crippen molar-refractivity contribution in [3.05, 3.63) is 18.0 Å². The van der Waals surface area contributed by atoms with Crippen molar-refractivity contribution in [2.24, 2.45) is 0 Å². The van der Waals surface area contributed by atoms with Crippen LogP contribution >= 0.6 is 0 Å². The maximum atomic E-state index is 4.45. The fourth-order valence-electron chi connectivity index (χ4n) is 2.42. The molecule has 1 fully saturated rings. The summed E-state index contributed by atoms with van der Waals surface area (Å²) in [6.07, 6.45) is 8.99. The maximum absolute atomic E-state index is 4.45. The smallest absolute Gasteiger partial charge is 0.0615 e. The van der Waals surface area contributed by atoms with Gasteiger partial charge in [-0.15, -0.1) is 0 Å². The van der Waals surface area contributed by atoms with E-state index < -0.39 is 0 Å². The lowest BCUT2D eigenvalue weighted by Gasteiger charge is -2.24. The van der Waals surface area contributed by atoms with Gasteiger partial charge < -0.3 is 5.32 Å². The fourth-order valence-corrected chi connectivity index (χ4v) is 2.42. The Morgan fingerprint density at radius 2 is 2.19 bits per heavy atom. The van der Waals surface area contributed by atoms with E-state index in [1.54, 1.807) is 0 Å². The molecule has 1 atom stereocenters. The highest BCUT2D eigenvalue weighted by Gasteiger charge is 2.14. The number of hydrogen-bond donors (Lipinski definition) is 1. The van der Waals surface area contributed by atoms with Crippen LogP contribution in [0.1, 0.15) is 50.8 Å². The summed E-state index contributed by atoms with van der Waals surface area (Å²) in [6, 6.07) is 3.26. The Labute approximate surface area is 98.2 Å². The van der Waals surface area contributed by atoms with Crippen molar-refractivity contribution in [3.8, 4) is 0 Å². The van der Waals surface area contributed by atoms with E-state index >= 15 is 0 Å². The second-order valence-electron chi connectivity index (χ2n) is 5.03. The van der Waals surface area contributed by atoms with E-state index in [0.717, 1.165) is 18.3 Å². The predicted octanol–water partition coefficient (Wildman–Crippen LogP) is 2.67. The molecule has 0 aromatic carbocycles. The first-order valence-corrected chi connectivity index (χ1v) is 6.51. The molecular formula is C13H23N3. The van der Waals surface area contributed by atoms with Gasteiger partial charge in [0.25, 0.3) is 0 Å². The van der Waals surface area contributed by atoms with Gasteiger partial charge >= 0.3 is 0 Å². The van der Waals surface area contributed by atoms with Gasteiger partial charge in [0.05, 0.1) is 11.7 Å². The van der Waals surface area contributed by atoms with Crippen LogP contribution in [0, 0.1) is 6.92 Å². The molecule has 1 aliphatic carbocycles. The van der Waals surface area contributed by atoms with Crippen molar-refractivity contribution in [1.29, 1.82) is 0 Å². The molecule has 1 aromatic heterocycles. The molecule has 0 spiro atoms. The summed E-state index contributed by atoms with van der Waals surface area (Å²) >= 11 is 0. The van der Waals surface area contributed by atoms with Gasteiger partial charge in [-0.05, 0) is 32.8 Å². The Bertz CT molecular complexity index is 313. The van der Waals surface area contributed by atoms with Crippen LogP contribution < -0.4 is 5.32 Å². The molecule has 90 valence electrons. The minimum atomic E-state index is 0.454. The summed E-state index contributed by atoms with van der Waals surface area (Å²) in [7, 11) is 0. The van der Waals surface area contributed by atoms with E-state index in [9.17, 15) is 0 Å². The summed E-state index contributed by atoms with van der Waals surface area (Å²) < 4.78 is 2.06. The van der Waals surface area contributed by atoms with E-state index in [1.165, 1.54) is 32.1 Å². The summed E-state index contributed by atoms with van der Waals surface area (Å²) in [5.41, 5.74) is 1.10. The zero-order valence-electron chi connectivity index (χ0n) is 10.4. The maximum Gasteiger partial charge on any atom is 0.0615 e. The molecule has 1 aliphatic rings. The first kappa shape index (κ1) is 11.6. The van der Waals surface area contributed by atoms with Crippen LogP contribution in [0.2, 0.25) is 0 Å². The summed E-state index contributed by atoms with van der Waals surface area (Å²) in [6.45, 7) is 5.30. The third-order valence-corrected chi connectivity index (χ3v) is 3.50.